The molecule has 22 heavy (non-hydrogen) atoms. The number of nitrogens with zero attached hydrogens (tertiary/aromatic N) is 2. The van der Waals surface area contributed by atoms with Gasteiger partial charge in [0.1, 0.15) is 29.3 Å². The number of carbonyl (C=O) groups is 1. The Kier molecular flexibility index (Phi) is 3.30. The molecule has 0 aliphatic rings. The van der Waals surface area contributed by atoms with Gasteiger partial charge in [-0.15, -0.1) is 0 Å². The quantitative estimate of drug-likeness (QED) is 0.545. The van der Waals surface area contributed by atoms with Crippen LogP contribution < -0.4 is 16.4 Å². The first-order chi connectivity index (χ1) is 10.6. The second-order valence-electron chi connectivity index (χ2n) is 4.37. The van der Waals surface area contributed by atoms with Crippen molar-refractivity contribution in [1.82, 2.24) is 15.0 Å². The first-order valence-electron chi connectivity index (χ1n) is 6.16. The van der Waals surface area contributed by atoms with E-state index in [-0.39, 0.29) is 11.5 Å². The number of hydrogen-bond donors (Lipinski definition) is 4. The van der Waals surface area contributed by atoms with Gasteiger partial charge in [-0.1, -0.05) is 0 Å². The van der Waals surface area contributed by atoms with Crippen molar-refractivity contribution >= 4 is 34.3 Å². The third kappa shape index (κ3) is 2.39. The minimum atomic E-state index is -1.04. The van der Waals surface area contributed by atoms with Crippen LogP contribution in [0, 0.1) is 11.6 Å². The number of nitrogen functional groups attached to an aromatic ring is 1. The monoisotopic (exact) mass is 304 g/mol. The Morgan fingerprint density at radius 1 is 1.18 bits per heavy atom. The predicted molar refractivity (Wildman–Crippen MR) is 77.3 cm³/mol. The average molecular weight is 304 g/mol. The van der Waals surface area contributed by atoms with E-state index in [1.165, 1.54) is 6.33 Å². The van der Waals surface area contributed by atoms with Crippen molar-refractivity contribution in [1.29, 1.82) is 0 Å². The van der Waals surface area contributed by atoms with E-state index in [9.17, 15) is 13.6 Å². The van der Waals surface area contributed by atoms with Gasteiger partial charge in [0.25, 0.3) is 0 Å². The van der Waals surface area contributed by atoms with Crippen LogP contribution in [-0.4, -0.2) is 21.0 Å². The summed E-state index contributed by atoms with van der Waals surface area (Å²) in [6, 6.07) is 2.83. The van der Waals surface area contributed by atoms with Gasteiger partial charge in [-0.25, -0.2) is 23.5 Å². The standard InChI is InChI=1S/C13H10F2N6O/c14-7-1-2-8(16)9(15)10(7)20-13(22)21-12-6-3-4-17-11(6)18-5-19-12/h1-5H,16H2,(H3,17,18,19,20,21,22). The van der Waals surface area contributed by atoms with Gasteiger partial charge in [-0.05, 0) is 18.2 Å². The lowest BCUT2D eigenvalue weighted by molar-refractivity contribution is 0.262. The summed E-state index contributed by atoms with van der Waals surface area (Å²) in [5, 5.41) is 5.03. The van der Waals surface area contributed by atoms with Crippen LogP contribution in [0.4, 0.5) is 30.8 Å². The number of amides is 2. The van der Waals surface area contributed by atoms with E-state index in [2.05, 4.69) is 25.6 Å². The number of urea groups is 1. The van der Waals surface area contributed by atoms with Gasteiger partial charge in [0.05, 0.1) is 11.1 Å². The maximum Gasteiger partial charge on any atom is 0.325 e. The Hall–Kier alpha value is -3.23. The summed E-state index contributed by atoms with van der Waals surface area (Å²) in [5.74, 6) is -1.77. The molecular formula is C13H10F2N6O. The first kappa shape index (κ1) is 13.7. The third-order valence-electron chi connectivity index (χ3n) is 2.95. The molecule has 0 aliphatic carbocycles. The second-order valence-corrected chi connectivity index (χ2v) is 4.37. The Bertz CT molecular complexity index is 863. The topological polar surface area (TPSA) is 109 Å². The Balaban J connectivity index is 1.84. The summed E-state index contributed by atoms with van der Waals surface area (Å²) >= 11 is 0. The Labute approximate surface area is 122 Å². The van der Waals surface area contributed by atoms with Crippen molar-refractivity contribution in [3.8, 4) is 0 Å². The van der Waals surface area contributed by atoms with Crippen molar-refractivity contribution in [3.63, 3.8) is 0 Å². The summed E-state index contributed by atoms with van der Waals surface area (Å²) in [7, 11) is 0. The number of H-pyrrole nitrogens is 1. The maximum atomic E-state index is 13.7. The molecule has 0 fully saturated rings. The van der Waals surface area contributed by atoms with Gasteiger partial charge in [0, 0.05) is 6.20 Å². The van der Waals surface area contributed by atoms with Crippen LogP contribution in [0.5, 0.6) is 0 Å². The molecule has 2 aromatic heterocycles. The molecule has 0 bridgehead atoms. The van der Waals surface area contributed by atoms with Crippen LogP contribution in [0.1, 0.15) is 0 Å². The van der Waals surface area contributed by atoms with Crippen LogP contribution in [0.3, 0.4) is 0 Å². The van der Waals surface area contributed by atoms with Crippen LogP contribution >= 0.6 is 0 Å². The number of fused-ring (bicyclic) bond motifs is 1. The molecular weight excluding hydrogens is 294 g/mol. The molecule has 3 rings (SSSR count). The molecule has 9 heteroatoms. The summed E-state index contributed by atoms with van der Waals surface area (Å²) < 4.78 is 27.3. The lowest BCUT2D eigenvalue weighted by atomic mass is 10.2. The molecule has 0 saturated carbocycles. The highest BCUT2D eigenvalue weighted by molar-refractivity contribution is 6.04. The number of aromatic nitrogens is 3. The zero-order valence-corrected chi connectivity index (χ0v) is 11.0. The lowest BCUT2D eigenvalue weighted by Crippen LogP contribution is -2.22. The zero-order chi connectivity index (χ0) is 15.7. The van der Waals surface area contributed by atoms with Crippen molar-refractivity contribution in [2.75, 3.05) is 16.4 Å². The number of halogens is 2. The average Bonchev–Trinajstić information content (AvgIpc) is 2.97. The van der Waals surface area contributed by atoms with Crippen LogP contribution in [0.15, 0.2) is 30.7 Å². The largest absolute Gasteiger partial charge is 0.396 e. The number of nitrogens with two attached hydrogens (primary N) is 1. The second kappa shape index (κ2) is 5.28. The van der Waals surface area contributed by atoms with Crippen molar-refractivity contribution in [3.05, 3.63) is 42.4 Å². The SMILES string of the molecule is Nc1ccc(F)c(NC(=O)Nc2ncnc3[nH]ccc23)c1F. The van der Waals surface area contributed by atoms with Gasteiger partial charge in [0.2, 0.25) is 0 Å². The molecule has 1 aromatic carbocycles. The fourth-order valence-corrected chi connectivity index (χ4v) is 1.91. The summed E-state index contributed by atoms with van der Waals surface area (Å²) in [6.07, 6.45) is 2.87. The molecule has 2 amide bonds. The number of benzene rings is 1. The fraction of sp³-hybridized carbons (Fsp3) is 0. The molecule has 0 atom stereocenters. The number of nitrogens with one attached hydrogen (secondary N) is 3. The maximum absolute atomic E-state index is 13.7. The number of anilines is 3. The first-order valence-corrected chi connectivity index (χ1v) is 6.16. The van der Waals surface area contributed by atoms with Gasteiger partial charge in [-0.3, -0.25) is 5.32 Å². The molecule has 0 radical (unpaired) electrons. The highest BCUT2D eigenvalue weighted by Gasteiger charge is 2.16. The predicted octanol–water partition coefficient (Wildman–Crippen LogP) is 2.46. The van der Waals surface area contributed by atoms with Crippen molar-refractivity contribution in [2.24, 2.45) is 0 Å². The van der Waals surface area contributed by atoms with Gasteiger partial charge < -0.3 is 16.0 Å². The molecule has 0 saturated heterocycles. The van der Waals surface area contributed by atoms with E-state index in [0.29, 0.717) is 11.0 Å². The smallest absolute Gasteiger partial charge is 0.325 e. The van der Waals surface area contributed by atoms with E-state index in [1.807, 2.05) is 0 Å². The number of carbonyl (C=O) groups excluding carboxylic acids is 1. The van der Waals surface area contributed by atoms with Crippen molar-refractivity contribution < 1.29 is 13.6 Å². The number of rotatable bonds is 2. The molecule has 3 aromatic rings. The van der Waals surface area contributed by atoms with E-state index < -0.39 is 23.4 Å². The van der Waals surface area contributed by atoms with Crippen LogP contribution in [0.2, 0.25) is 0 Å². The molecule has 7 nitrogen and oxygen atoms in total. The van der Waals surface area contributed by atoms with Gasteiger partial charge in [0.15, 0.2) is 5.82 Å². The fourth-order valence-electron chi connectivity index (χ4n) is 1.91. The van der Waals surface area contributed by atoms with Crippen LogP contribution in [0.25, 0.3) is 11.0 Å². The molecule has 0 unspecified atom stereocenters. The van der Waals surface area contributed by atoms with Gasteiger partial charge >= 0.3 is 6.03 Å². The Morgan fingerprint density at radius 2 is 2.00 bits per heavy atom. The molecule has 5 N–H and O–H groups in total. The number of hydrogen-bond acceptors (Lipinski definition) is 4. The lowest BCUT2D eigenvalue weighted by Gasteiger charge is -2.10. The zero-order valence-electron chi connectivity index (χ0n) is 11.0. The van der Waals surface area contributed by atoms with Crippen LogP contribution in [-0.2, 0) is 0 Å². The molecule has 0 spiro atoms. The van der Waals surface area contributed by atoms with Crippen molar-refractivity contribution in [2.45, 2.75) is 0 Å². The van der Waals surface area contributed by atoms with E-state index in [1.54, 1.807) is 12.3 Å². The summed E-state index contributed by atoms with van der Waals surface area (Å²) in [4.78, 5) is 22.6. The summed E-state index contributed by atoms with van der Waals surface area (Å²) in [5.41, 5.74) is 4.96. The van der Waals surface area contributed by atoms with E-state index in [4.69, 9.17) is 5.73 Å². The summed E-state index contributed by atoms with van der Waals surface area (Å²) in [6.45, 7) is 0. The molecule has 112 valence electrons. The van der Waals surface area contributed by atoms with E-state index >= 15 is 0 Å². The Morgan fingerprint density at radius 3 is 2.82 bits per heavy atom. The number of aromatic amines is 1. The third-order valence-corrected chi connectivity index (χ3v) is 2.95. The van der Waals surface area contributed by atoms with E-state index in [0.717, 1.165) is 12.1 Å². The minimum Gasteiger partial charge on any atom is -0.396 e. The van der Waals surface area contributed by atoms with Gasteiger partial charge in [-0.2, -0.15) is 0 Å². The molecule has 2 heterocycles. The normalized spacial score (nSPS) is 10.6. The minimum absolute atomic E-state index is 0.202. The molecule has 0 aliphatic heterocycles. The highest BCUT2D eigenvalue weighted by atomic mass is 19.1. The highest BCUT2D eigenvalue weighted by Crippen LogP contribution is 2.24.